The van der Waals surface area contributed by atoms with Crippen LogP contribution in [-0.2, 0) is 10.2 Å². The molecule has 1 fully saturated rings. The maximum absolute atomic E-state index is 5.38. The Morgan fingerprint density at radius 2 is 1.75 bits per heavy atom. The minimum atomic E-state index is 0.221. The molecule has 0 saturated carbocycles. The molecule has 88 valence electrons. The van der Waals surface area contributed by atoms with E-state index in [0.29, 0.717) is 0 Å². The SMILES string of the molecule is CC(C)(CN1CCOCC1)c1ccccc1. The fourth-order valence-electron chi connectivity index (χ4n) is 2.30. The molecule has 1 aromatic rings. The number of hydrogen-bond donors (Lipinski definition) is 0. The molecule has 0 aromatic heterocycles. The van der Waals surface area contributed by atoms with Gasteiger partial charge in [0.1, 0.15) is 0 Å². The molecule has 0 aliphatic carbocycles. The van der Waals surface area contributed by atoms with Crippen LogP contribution in [0.15, 0.2) is 30.3 Å². The average Bonchev–Trinajstić information content (AvgIpc) is 2.31. The van der Waals surface area contributed by atoms with Crippen LogP contribution in [0.2, 0.25) is 0 Å². The lowest BCUT2D eigenvalue weighted by molar-refractivity contribution is 0.0295. The van der Waals surface area contributed by atoms with Gasteiger partial charge in [-0.25, -0.2) is 0 Å². The topological polar surface area (TPSA) is 12.5 Å². The number of hydrogen-bond acceptors (Lipinski definition) is 2. The third kappa shape index (κ3) is 2.83. The van der Waals surface area contributed by atoms with Crippen molar-refractivity contribution in [2.45, 2.75) is 19.3 Å². The number of rotatable bonds is 3. The molecule has 1 aliphatic rings. The van der Waals surface area contributed by atoms with E-state index in [-0.39, 0.29) is 5.41 Å². The summed E-state index contributed by atoms with van der Waals surface area (Å²) in [6.45, 7) is 9.64. The largest absolute Gasteiger partial charge is 0.379 e. The lowest BCUT2D eigenvalue weighted by Crippen LogP contribution is -2.43. The van der Waals surface area contributed by atoms with E-state index in [1.54, 1.807) is 0 Å². The molecule has 16 heavy (non-hydrogen) atoms. The van der Waals surface area contributed by atoms with Crippen LogP contribution in [0.1, 0.15) is 19.4 Å². The Kier molecular flexibility index (Phi) is 3.62. The smallest absolute Gasteiger partial charge is 0.0594 e. The van der Waals surface area contributed by atoms with Crippen molar-refractivity contribution in [3.05, 3.63) is 35.9 Å². The monoisotopic (exact) mass is 219 g/mol. The molecule has 1 aromatic carbocycles. The van der Waals surface area contributed by atoms with Crippen molar-refractivity contribution >= 4 is 0 Å². The summed E-state index contributed by atoms with van der Waals surface area (Å²) in [5.74, 6) is 0. The maximum Gasteiger partial charge on any atom is 0.0594 e. The predicted octanol–water partition coefficient (Wildman–Crippen LogP) is 2.30. The molecule has 0 spiro atoms. The molecular weight excluding hydrogens is 198 g/mol. The quantitative estimate of drug-likeness (QED) is 0.773. The first kappa shape index (κ1) is 11.6. The first-order valence-corrected chi connectivity index (χ1v) is 6.04. The summed E-state index contributed by atoms with van der Waals surface area (Å²) >= 11 is 0. The maximum atomic E-state index is 5.38. The van der Waals surface area contributed by atoms with Gasteiger partial charge >= 0.3 is 0 Å². The van der Waals surface area contributed by atoms with Crippen LogP contribution >= 0.6 is 0 Å². The molecule has 1 aliphatic heterocycles. The highest BCUT2D eigenvalue weighted by Crippen LogP contribution is 2.24. The van der Waals surface area contributed by atoms with E-state index in [1.807, 2.05) is 0 Å². The van der Waals surface area contributed by atoms with Crippen molar-refractivity contribution in [2.24, 2.45) is 0 Å². The fraction of sp³-hybridized carbons (Fsp3) is 0.571. The van der Waals surface area contributed by atoms with Crippen molar-refractivity contribution in [3.63, 3.8) is 0 Å². The van der Waals surface area contributed by atoms with E-state index in [4.69, 9.17) is 4.74 Å². The van der Waals surface area contributed by atoms with Gasteiger partial charge in [-0.05, 0) is 5.56 Å². The molecule has 2 heteroatoms. The molecule has 2 nitrogen and oxygen atoms in total. The van der Waals surface area contributed by atoms with Crippen LogP contribution in [-0.4, -0.2) is 37.7 Å². The fourth-order valence-corrected chi connectivity index (χ4v) is 2.30. The first-order valence-electron chi connectivity index (χ1n) is 6.04. The third-order valence-corrected chi connectivity index (χ3v) is 3.28. The van der Waals surface area contributed by atoms with Crippen LogP contribution in [0.5, 0.6) is 0 Å². The van der Waals surface area contributed by atoms with Crippen LogP contribution < -0.4 is 0 Å². The van der Waals surface area contributed by atoms with E-state index >= 15 is 0 Å². The van der Waals surface area contributed by atoms with Crippen LogP contribution in [0.25, 0.3) is 0 Å². The van der Waals surface area contributed by atoms with Gasteiger partial charge in [0.2, 0.25) is 0 Å². The van der Waals surface area contributed by atoms with Crippen molar-refractivity contribution in [1.29, 1.82) is 0 Å². The zero-order valence-electron chi connectivity index (χ0n) is 10.3. The Morgan fingerprint density at radius 1 is 1.12 bits per heavy atom. The molecule has 2 rings (SSSR count). The molecule has 1 saturated heterocycles. The number of morpholine rings is 1. The number of nitrogens with zero attached hydrogens (tertiary/aromatic N) is 1. The Balaban J connectivity index is 2.01. The molecule has 1 heterocycles. The second kappa shape index (κ2) is 4.98. The second-order valence-corrected chi connectivity index (χ2v) is 5.14. The van der Waals surface area contributed by atoms with Crippen molar-refractivity contribution in [2.75, 3.05) is 32.8 Å². The molecule has 0 unspecified atom stereocenters. The summed E-state index contributed by atoms with van der Waals surface area (Å²) in [7, 11) is 0. The summed E-state index contributed by atoms with van der Waals surface area (Å²) in [6, 6.07) is 10.8. The lowest BCUT2D eigenvalue weighted by Gasteiger charge is -2.35. The van der Waals surface area contributed by atoms with Gasteiger partial charge in [-0.15, -0.1) is 0 Å². The first-order chi connectivity index (χ1) is 7.68. The van der Waals surface area contributed by atoms with Crippen LogP contribution in [0.3, 0.4) is 0 Å². The Hall–Kier alpha value is -0.860. The zero-order chi connectivity index (χ0) is 11.4. The van der Waals surface area contributed by atoms with Crippen LogP contribution in [0, 0.1) is 0 Å². The average molecular weight is 219 g/mol. The van der Waals surface area contributed by atoms with E-state index < -0.39 is 0 Å². The van der Waals surface area contributed by atoms with Gasteiger partial charge in [-0.2, -0.15) is 0 Å². The molecule has 0 bridgehead atoms. The number of benzene rings is 1. The van der Waals surface area contributed by atoms with Gasteiger partial charge < -0.3 is 4.74 Å². The summed E-state index contributed by atoms with van der Waals surface area (Å²) < 4.78 is 5.38. The Morgan fingerprint density at radius 3 is 2.38 bits per heavy atom. The van der Waals surface area contributed by atoms with Crippen LogP contribution in [0.4, 0.5) is 0 Å². The molecule has 0 amide bonds. The Bertz CT molecular complexity index is 315. The highest BCUT2D eigenvalue weighted by atomic mass is 16.5. The van der Waals surface area contributed by atoms with Gasteiger partial charge in [0, 0.05) is 25.0 Å². The van der Waals surface area contributed by atoms with Gasteiger partial charge in [0.25, 0.3) is 0 Å². The minimum Gasteiger partial charge on any atom is -0.379 e. The van der Waals surface area contributed by atoms with Gasteiger partial charge in [0.15, 0.2) is 0 Å². The van der Waals surface area contributed by atoms with E-state index in [1.165, 1.54) is 5.56 Å². The van der Waals surface area contributed by atoms with E-state index in [2.05, 4.69) is 49.1 Å². The van der Waals surface area contributed by atoms with Crippen molar-refractivity contribution in [3.8, 4) is 0 Å². The summed E-state index contributed by atoms with van der Waals surface area (Å²) in [5.41, 5.74) is 1.64. The van der Waals surface area contributed by atoms with E-state index in [0.717, 1.165) is 32.8 Å². The third-order valence-electron chi connectivity index (χ3n) is 3.28. The molecule has 0 radical (unpaired) electrons. The van der Waals surface area contributed by atoms with Crippen molar-refractivity contribution < 1.29 is 4.74 Å². The highest BCUT2D eigenvalue weighted by molar-refractivity contribution is 5.23. The highest BCUT2D eigenvalue weighted by Gasteiger charge is 2.24. The van der Waals surface area contributed by atoms with E-state index in [9.17, 15) is 0 Å². The second-order valence-electron chi connectivity index (χ2n) is 5.14. The van der Waals surface area contributed by atoms with Crippen molar-refractivity contribution in [1.82, 2.24) is 4.90 Å². The van der Waals surface area contributed by atoms with Gasteiger partial charge in [-0.3, -0.25) is 4.90 Å². The summed E-state index contributed by atoms with van der Waals surface area (Å²) in [4.78, 5) is 2.50. The molecule has 0 N–H and O–H groups in total. The normalized spacial score (nSPS) is 18.6. The minimum absolute atomic E-state index is 0.221. The summed E-state index contributed by atoms with van der Waals surface area (Å²) in [5, 5.41) is 0. The lowest BCUT2D eigenvalue weighted by atomic mass is 9.84. The predicted molar refractivity (Wildman–Crippen MR) is 66.7 cm³/mol. The van der Waals surface area contributed by atoms with Gasteiger partial charge in [0.05, 0.1) is 13.2 Å². The standard InChI is InChI=1S/C14H21NO/c1-14(2,13-6-4-3-5-7-13)12-15-8-10-16-11-9-15/h3-7H,8-12H2,1-2H3. The Labute approximate surface area is 98.2 Å². The molecule has 0 atom stereocenters. The number of ether oxygens (including phenoxy) is 1. The van der Waals surface area contributed by atoms with Gasteiger partial charge in [-0.1, -0.05) is 44.2 Å². The zero-order valence-corrected chi connectivity index (χ0v) is 10.3. The molecular formula is C14H21NO. The summed E-state index contributed by atoms with van der Waals surface area (Å²) in [6.07, 6.45) is 0.